The van der Waals surface area contributed by atoms with Crippen molar-refractivity contribution in [2.75, 3.05) is 24.6 Å². The number of anilines is 1. The Labute approximate surface area is 195 Å². The minimum absolute atomic E-state index is 0.0359. The summed E-state index contributed by atoms with van der Waals surface area (Å²) < 4.78 is 9.84. The van der Waals surface area contributed by atoms with Crippen LogP contribution in [0.4, 0.5) is 5.69 Å². The van der Waals surface area contributed by atoms with Crippen LogP contribution < -0.4 is 4.90 Å². The van der Waals surface area contributed by atoms with Crippen molar-refractivity contribution in [1.82, 2.24) is 0 Å². The fourth-order valence-corrected chi connectivity index (χ4v) is 3.57. The zero-order valence-corrected chi connectivity index (χ0v) is 18.6. The van der Waals surface area contributed by atoms with E-state index in [-0.39, 0.29) is 22.4 Å². The summed E-state index contributed by atoms with van der Waals surface area (Å²) in [4.78, 5) is 39.7. The average molecular weight is 471 g/mol. The zero-order chi connectivity index (χ0) is 25.0. The number of ketones is 1. The van der Waals surface area contributed by atoms with Crippen LogP contribution in [0.25, 0.3) is 0 Å². The molecule has 0 saturated carbocycles. The molecule has 0 radical (unpaired) electrons. The van der Waals surface area contributed by atoms with E-state index in [2.05, 4.69) is 0 Å². The monoisotopic (exact) mass is 471 g/mol. The van der Waals surface area contributed by atoms with Crippen LogP contribution in [-0.2, 0) is 14.3 Å². The van der Waals surface area contributed by atoms with E-state index in [1.165, 1.54) is 36.4 Å². The molecule has 0 fully saturated rings. The van der Waals surface area contributed by atoms with E-state index in [1.807, 2.05) is 18.7 Å². The first kappa shape index (κ1) is 24.7. The van der Waals surface area contributed by atoms with Crippen LogP contribution in [0.2, 0.25) is 0 Å². The van der Waals surface area contributed by atoms with Crippen molar-refractivity contribution in [3.05, 3.63) is 70.7 Å². The maximum atomic E-state index is 13.2. The van der Waals surface area contributed by atoms with Crippen LogP contribution in [0.5, 0.6) is 5.75 Å². The molecule has 3 rings (SSSR count). The van der Waals surface area contributed by atoms with Gasteiger partial charge in [-0.1, -0.05) is 18.2 Å². The van der Waals surface area contributed by atoms with Crippen molar-refractivity contribution in [1.29, 1.82) is 0 Å². The van der Waals surface area contributed by atoms with Gasteiger partial charge in [0.05, 0.1) is 17.7 Å². The lowest BCUT2D eigenvalue weighted by atomic mass is 9.97. The lowest BCUT2D eigenvalue weighted by Crippen LogP contribution is -2.33. The van der Waals surface area contributed by atoms with Crippen LogP contribution in [0.3, 0.4) is 0 Å². The Hall–Kier alpha value is -3.89. The summed E-state index contributed by atoms with van der Waals surface area (Å²) in [5.41, 5.74) is 0.388. The van der Waals surface area contributed by atoms with Crippen molar-refractivity contribution in [3.63, 3.8) is 0 Å². The fourth-order valence-electron chi connectivity index (χ4n) is 3.57. The molecule has 0 bridgehead atoms. The molecule has 34 heavy (non-hydrogen) atoms. The van der Waals surface area contributed by atoms with Crippen molar-refractivity contribution >= 4 is 23.4 Å². The summed E-state index contributed by atoms with van der Waals surface area (Å²) in [5, 5.41) is 39.4. The van der Waals surface area contributed by atoms with Gasteiger partial charge in [0.2, 0.25) is 11.5 Å². The van der Waals surface area contributed by atoms with Gasteiger partial charge in [-0.05, 0) is 32.0 Å². The number of aliphatic hydroxyl groups is 3. The molecule has 10 nitrogen and oxygen atoms in total. The molecule has 10 heteroatoms. The highest BCUT2D eigenvalue weighted by Gasteiger charge is 2.42. The Morgan fingerprint density at radius 2 is 1.71 bits per heavy atom. The summed E-state index contributed by atoms with van der Waals surface area (Å²) in [7, 11) is 0. The van der Waals surface area contributed by atoms with E-state index in [9.17, 15) is 29.7 Å². The zero-order valence-electron chi connectivity index (χ0n) is 18.6. The molecular formula is C24H25NO9. The van der Waals surface area contributed by atoms with Crippen LogP contribution in [0, 0.1) is 0 Å². The largest absolute Gasteiger partial charge is 0.507 e. The number of rotatable bonds is 9. The average Bonchev–Trinajstić information content (AvgIpc) is 3.12. The molecule has 180 valence electrons. The number of hydrogen-bond acceptors (Lipinski definition) is 10. The maximum Gasteiger partial charge on any atom is 0.378 e. The first-order valence-corrected chi connectivity index (χ1v) is 10.6. The molecule has 1 aliphatic heterocycles. The standard InChI is InChI=1S/C24H25NO9/c1-3-25(4-2)13-9-10-16(17(27)11-13)19(29)14-7-5-6-8-15(14)23(31)34-22-20(30)24(32)33-21(22)18(28)12-26/h5-11,18,21,26-28,30H,3-4,12H2,1-2H3/t18-,21+/m0/s1. The third kappa shape index (κ3) is 4.73. The van der Waals surface area contributed by atoms with Crippen LogP contribution in [-0.4, -0.2) is 70.1 Å². The van der Waals surface area contributed by atoms with Crippen molar-refractivity contribution in [2.24, 2.45) is 0 Å². The highest BCUT2D eigenvalue weighted by atomic mass is 16.6. The number of benzene rings is 2. The van der Waals surface area contributed by atoms with Crippen molar-refractivity contribution < 1.29 is 44.3 Å². The summed E-state index contributed by atoms with van der Waals surface area (Å²) in [6, 6.07) is 10.3. The van der Waals surface area contributed by atoms with E-state index < -0.39 is 48.1 Å². The number of phenols is 1. The van der Waals surface area contributed by atoms with Gasteiger partial charge in [0.1, 0.15) is 11.9 Å². The van der Waals surface area contributed by atoms with Crippen LogP contribution in [0.1, 0.15) is 40.1 Å². The molecule has 2 aromatic rings. The van der Waals surface area contributed by atoms with Gasteiger partial charge >= 0.3 is 11.9 Å². The predicted octanol–water partition coefficient (Wildman–Crippen LogP) is 1.67. The number of carbonyl (C=O) groups excluding carboxylic acids is 3. The predicted molar refractivity (Wildman–Crippen MR) is 120 cm³/mol. The van der Waals surface area contributed by atoms with E-state index in [4.69, 9.17) is 14.6 Å². The molecule has 1 aliphatic rings. The molecule has 0 aliphatic carbocycles. The van der Waals surface area contributed by atoms with Gasteiger partial charge in [0.15, 0.2) is 11.9 Å². The second-order valence-corrected chi connectivity index (χ2v) is 7.43. The minimum Gasteiger partial charge on any atom is -0.507 e. The normalized spacial score (nSPS) is 16.2. The van der Waals surface area contributed by atoms with E-state index >= 15 is 0 Å². The molecular weight excluding hydrogens is 446 g/mol. The number of aliphatic hydroxyl groups excluding tert-OH is 3. The quantitative estimate of drug-likeness (QED) is 0.314. The number of hydrogen-bond donors (Lipinski definition) is 4. The third-order valence-corrected chi connectivity index (χ3v) is 5.40. The molecule has 2 aromatic carbocycles. The molecule has 0 unspecified atom stereocenters. The van der Waals surface area contributed by atoms with E-state index in [1.54, 1.807) is 6.07 Å². The first-order valence-electron chi connectivity index (χ1n) is 10.6. The van der Waals surface area contributed by atoms with E-state index in [0.717, 1.165) is 5.69 Å². The molecule has 2 atom stereocenters. The Bertz CT molecular complexity index is 1140. The molecule has 0 spiro atoms. The SMILES string of the molecule is CCN(CC)c1ccc(C(=O)c2ccccc2C(=O)OC2=C(O)C(=O)O[C@@H]2[C@@H](O)CO)c(O)c1. The second-order valence-electron chi connectivity index (χ2n) is 7.43. The summed E-state index contributed by atoms with van der Waals surface area (Å²) in [6.07, 6.45) is -3.24. The van der Waals surface area contributed by atoms with Crippen molar-refractivity contribution in [3.8, 4) is 5.75 Å². The molecule has 0 aromatic heterocycles. The highest BCUT2D eigenvalue weighted by Crippen LogP contribution is 2.29. The van der Waals surface area contributed by atoms with Gasteiger partial charge in [0.25, 0.3) is 0 Å². The first-order chi connectivity index (χ1) is 16.2. The third-order valence-electron chi connectivity index (χ3n) is 5.40. The topological polar surface area (TPSA) is 154 Å². The molecule has 0 saturated heterocycles. The number of nitrogens with zero attached hydrogens (tertiary/aromatic N) is 1. The molecule has 0 amide bonds. The Morgan fingerprint density at radius 1 is 1.06 bits per heavy atom. The van der Waals surface area contributed by atoms with E-state index in [0.29, 0.717) is 13.1 Å². The van der Waals surface area contributed by atoms with Crippen LogP contribution >= 0.6 is 0 Å². The van der Waals surface area contributed by atoms with Gasteiger partial charge < -0.3 is 34.8 Å². The molecule has 1 heterocycles. The van der Waals surface area contributed by atoms with Gasteiger partial charge in [-0.2, -0.15) is 0 Å². The fraction of sp³-hybridized carbons (Fsp3) is 0.292. The maximum absolute atomic E-state index is 13.2. The summed E-state index contributed by atoms with van der Waals surface area (Å²) in [6.45, 7) is 4.51. The van der Waals surface area contributed by atoms with Crippen molar-refractivity contribution in [2.45, 2.75) is 26.1 Å². The molecule has 4 N–H and O–H groups in total. The highest BCUT2D eigenvalue weighted by molar-refractivity contribution is 6.16. The second kappa shape index (κ2) is 10.4. The van der Waals surface area contributed by atoms with Gasteiger partial charge in [0, 0.05) is 30.4 Å². The smallest absolute Gasteiger partial charge is 0.378 e. The number of phenolic OH excluding ortho intramolecular Hbond substituents is 1. The number of aromatic hydroxyl groups is 1. The minimum atomic E-state index is -1.64. The lowest BCUT2D eigenvalue weighted by Gasteiger charge is -2.21. The lowest BCUT2D eigenvalue weighted by molar-refractivity contribution is -0.147. The van der Waals surface area contributed by atoms with Gasteiger partial charge in [-0.25, -0.2) is 9.59 Å². The number of ether oxygens (including phenoxy) is 2. The Kier molecular flexibility index (Phi) is 7.54. The number of esters is 2. The van der Waals surface area contributed by atoms with Gasteiger partial charge in [-0.3, -0.25) is 4.79 Å². The number of carbonyl (C=O) groups is 3. The Balaban J connectivity index is 1.92. The summed E-state index contributed by atoms with van der Waals surface area (Å²) in [5.74, 6) is -4.97. The van der Waals surface area contributed by atoms with Crippen LogP contribution in [0.15, 0.2) is 54.0 Å². The van der Waals surface area contributed by atoms with Gasteiger partial charge in [-0.15, -0.1) is 0 Å². The Morgan fingerprint density at radius 3 is 2.29 bits per heavy atom. The summed E-state index contributed by atoms with van der Waals surface area (Å²) >= 11 is 0. The number of cyclic esters (lactones) is 1.